The van der Waals surface area contributed by atoms with Crippen LogP contribution in [0.3, 0.4) is 0 Å². The number of esters is 1. The van der Waals surface area contributed by atoms with Gasteiger partial charge in [0.2, 0.25) is 0 Å². The van der Waals surface area contributed by atoms with E-state index in [4.69, 9.17) is 9.15 Å². The summed E-state index contributed by atoms with van der Waals surface area (Å²) in [6.45, 7) is 2.03. The minimum Gasteiger partial charge on any atom is -0.461 e. The summed E-state index contributed by atoms with van der Waals surface area (Å²) in [4.78, 5) is 15.3. The van der Waals surface area contributed by atoms with Crippen LogP contribution < -0.4 is 0 Å². The predicted molar refractivity (Wildman–Crippen MR) is 57.6 cm³/mol. The number of aryl methyl sites for hydroxylation is 1. The van der Waals surface area contributed by atoms with Crippen LogP contribution in [-0.4, -0.2) is 32.3 Å². The van der Waals surface area contributed by atoms with Crippen molar-refractivity contribution in [2.45, 2.75) is 17.3 Å². The molecule has 0 N–H and O–H groups in total. The van der Waals surface area contributed by atoms with Crippen molar-refractivity contribution < 1.29 is 13.9 Å². The summed E-state index contributed by atoms with van der Waals surface area (Å²) in [6.07, 6.45) is 2.83. The highest BCUT2D eigenvalue weighted by Gasteiger charge is 2.15. The van der Waals surface area contributed by atoms with Crippen LogP contribution in [-0.2, 0) is 11.8 Å². The van der Waals surface area contributed by atoms with Crippen LogP contribution in [0.4, 0.5) is 0 Å². The molecule has 0 aliphatic carbocycles. The highest BCUT2D eigenvalue weighted by atomic mass is 32.2. The van der Waals surface area contributed by atoms with Crippen molar-refractivity contribution in [2.75, 3.05) is 6.61 Å². The third kappa shape index (κ3) is 2.64. The second-order valence-electron chi connectivity index (χ2n) is 3.05. The lowest BCUT2D eigenvalue weighted by Gasteiger charge is -1.95. The number of ether oxygens (including phenoxy) is 1. The smallest absolute Gasteiger partial charge is 0.360 e. The maximum atomic E-state index is 11.3. The maximum Gasteiger partial charge on any atom is 0.360 e. The molecule has 0 saturated carbocycles. The number of aromatic nitrogens is 4. The van der Waals surface area contributed by atoms with Gasteiger partial charge in [-0.1, -0.05) is 0 Å². The van der Waals surface area contributed by atoms with Gasteiger partial charge in [-0.05, 0) is 6.92 Å². The highest BCUT2D eigenvalue weighted by Crippen LogP contribution is 2.24. The molecule has 17 heavy (non-hydrogen) atoms. The number of hydrogen-bond acceptors (Lipinski definition) is 7. The van der Waals surface area contributed by atoms with Crippen molar-refractivity contribution in [3.05, 3.63) is 18.3 Å². The Labute approximate surface area is 101 Å². The number of rotatable bonds is 4. The van der Waals surface area contributed by atoms with Crippen molar-refractivity contribution in [3.8, 4) is 0 Å². The third-order valence-electron chi connectivity index (χ3n) is 1.82. The average molecular weight is 254 g/mol. The summed E-state index contributed by atoms with van der Waals surface area (Å²) in [5, 5.41) is 8.53. The molecule has 2 aromatic heterocycles. The topological polar surface area (TPSA) is 83.0 Å². The van der Waals surface area contributed by atoms with E-state index >= 15 is 0 Å². The molecule has 0 aliphatic heterocycles. The molecule has 0 spiro atoms. The van der Waals surface area contributed by atoms with Crippen molar-refractivity contribution >= 4 is 17.7 Å². The molecule has 2 aromatic rings. The maximum absolute atomic E-state index is 11.3. The molecular formula is C9H10N4O3S. The Bertz CT molecular complexity index is 522. The molecule has 0 unspecified atom stereocenters. The van der Waals surface area contributed by atoms with Crippen molar-refractivity contribution in [2.24, 2.45) is 7.05 Å². The first-order chi connectivity index (χ1) is 8.20. The van der Waals surface area contributed by atoms with Gasteiger partial charge in [0.1, 0.15) is 12.6 Å². The first-order valence-corrected chi connectivity index (χ1v) is 5.67. The molecule has 8 heteroatoms. The highest BCUT2D eigenvalue weighted by molar-refractivity contribution is 7.98. The summed E-state index contributed by atoms with van der Waals surface area (Å²) in [5.74, 6) is -0.499. The minimum absolute atomic E-state index is 0.150. The molecule has 2 heterocycles. The van der Waals surface area contributed by atoms with E-state index in [9.17, 15) is 4.79 Å². The van der Waals surface area contributed by atoms with Gasteiger partial charge in [-0.15, -0.1) is 10.2 Å². The molecule has 0 bridgehead atoms. The molecule has 0 radical (unpaired) electrons. The molecule has 2 rings (SSSR count). The SMILES string of the molecule is CCOC(=O)c1coc(Sc2nncn2C)n1. The summed E-state index contributed by atoms with van der Waals surface area (Å²) in [6, 6.07) is 0. The standard InChI is InChI=1S/C9H10N4O3S/c1-3-15-7(14)6-4-16-9(11-6)17-8-12-10-5-13(8)2/h4-5H,3H2,1-2H3. The first-order valence-electron chi connectivity index (χ1n) is 4.85. The molecule has 0 fully saturated rings. The number of oxazole rings is 1. The number of carbonyl (C=O) groups is 1. The lowest BCUT2D eigenvalue weighted by atomic mass is 10.5. The predicted octanol–water partition coefficient (Wildman–Crippen LogP) is 1.13. The zero-order valence-electron chi connectivity index (χ0n) is 9.28. The molecule has 0 aromatic carbocycles. The van der Waals surface area contributed by atoms with Crippen molar-refractivity contribution in [1.82, 2.24) is 19.7 Å². The van der Waals surface area contributed by atoms with Crippen LogP contribution in [0.5, 0.6) is 0 Å². The van der Waals surface area contributed by atoms with Crippen molar-refractivity contribution in [3.63, 3.8) is 0 Å². The van der Waals surface area contributed by atoms with Crippen LogP contribution in [0.2, 0.25) is 0 Å². The van der Waals surface area contributed by atoms with E-state index in [1.54, 1.807) is 24.9 Å². The Morgan fingerprint density at radius 2 is 2.47 bits per heavy atom. The fourth-order valence-corrected chi connectivity index (χ4v) is 1.72. The van der Waals surface area contributed by atoms with Crippen LogP contribution in [0, 0.1) is 0 Å². The van der Waals surface area contributed by atoms with Gasteiger partial charge < -0.3 is 13.7 Å². The monoisotopic (exact) mass is 254 g/mol. The summed E-state index contributed by atoms with van der Waals surface area (Å²) >= 11 is 1.18. The van der Waals surface area contributed by atoms with Crippen molar-refractivity contribution in [1.29, 1.82) is 0 Å². The summed E-state index contributed by atoms with van der Waals surface area (Å²) in [5.41, 5.74) is 0.150. The molecule has 0 aliphatic rings. The van der Waals surface area contributed by atoms with Gasteiger partial charge in [0, 0.05) is 18.8 Å². The minimum atomic E-state index is -0.499. The molecule has 0 saturated heterocycles. The lowest BCUT2D eigenvalue weighted by Crippen LogP contribution is -2.04. The van der Waals surface area contributed by atoms with Crippen LogP contribution in [0.1, 0.15) is 17.4 Å². The van der Waals surface area contributed by atoms with E-state index in [2.05, 4.69) is 15.2 Å². The molecule has 0 atom stereocenters. The van der Waals surface area contributed by atoms with Gasteiger partial charge in [0.05, 0.1) is 6.61 Å². The number of hydrogen-bond donors (Lipinski definition) is 0. The zero-order chi connectivity index (χ0) is 12.3. The molecular weight excluding hydrogens is 244 g/mol. The number of nitrogens with zero attached hydrogens (tertiary/aromatic N) is 4. The number of carbonyl (C=O) groups excluding carboxylic acids is 1. The van der Waals surface area contributed by atoms with Gasteiger partial charge >= 0.3 is 5.97 Å². The largest absolute Gasteiger partial charge is 0.461 e. The second kappa shape index (κ2) is 5.00. The summed E-state index contributed by atoms with van der Waals surface area (Å²) < 4.78 is 11.6. The van der Waals surface area contributed by atoms with Gasteiger partial charge in [-0.25, -0.2) is 4.79 Å². The Kier molecular flexibility index (Phi) is 3.43. The molecule has 7 nitrogen and oxygen atoms in total. The van der Waals surface area contributed by atoms with Gasteiger partial charge in [-0.2, -0.15) is 4.98 Å². The zero-order valence-corrected chi connectivity index (χ0v) is 10.1. The van der Waals surface area contributed by atoms with E-state index < -0.39 is 5.97 Å². The fourth-order valence-electron chi connectivity index (χ4n) is 1.05. The van der Waals surface area contributed by atoms with Crippen LogP contribution in [0.15, 0.2) is 27.4 Å². The quantitative estimate of drug-likeness (QED) is 0.756. The van der Waals surface area contributed by atoms with Gasteiger partial charge in [-0.3, -0.25) is 0 Å². The van der Waals surface area contributed by atoms with E-state index in [1.165, 1.54) is 18.0 Å². The Morgan fingerprint density at radius 1 is 1.65 bits per heavy atom. The Hall–Kier alpha value is -1.83. The lowest BCUT2D eigenvalue weighted by molar-refractivity contribution is 0.0519. The van der Waals surface area contributed by atoms with E-state index in [1.807, 2.05) is 0 Å². The summed E-state index contributed by atoms with van der Waals surface area (Å²) in [7, 11) is 1.80. The van der Waals surface area contributed by atoms with Gasteiger partial charge in [0.25, 0.3) is 5.22 Å². The molecule has 0 amide bonds. The first kappa shape index (κ1) is 11.6. The van der Waals surface area contributed by atoms with E-state index in [-0.39, 0.29) is 5.69 Å². The average Bonchev–Trinajstić information content (AvgIpc) is 2.90. The van der Waals surface area contributed by atoms with E-state index in [0.717, 1.165) is 0 Å². The van der Waals surface area contributed by atoms with Gasteiger partial charge in [0.15, 0.2) is 10.9 Å². The third-order valence-corrected chi connectivity index (χ3v) is 2.73. The molecule has 90 valence electrons. The van der Waals surface area contributed by atoms with E-state index in [0.29, 0.717) is 17.0 Å². The Morgan fingerprint density at radius 3 is 3.12 bits per heavy atom. The second-order valence-corrected chi connectivity index (χ2v) is 3.96. The van der Waals surface area contributed by atoms with Crippen LogP contribution in [0.25, 0.3) is 0 Å². The van der Waals surface area contributed by atoms with Crippen LogP contribution >= 0.6 is 11.8 Å². The Balaban J connectivity index is 2.09. The normalized spacial score (nSPS) is 10.5. The fraction of sp³-hybridized carbons (Fsp3) is 0.333.